The van der Waals surface area contributed by atoms with E-state index in [9.17, 15) is 14.4 Å². The van der Waals surface area contributed by atoms with Crippen LogP contribution in [0, 0.1) is 0 Å². The molecule has 0 bridgehead atoms. The van der Waals surface area contributed by atoms with Crippen LogP contribution in [0.25, 0.3) is 0 Å². The molecule has 3 aromatic rings. The van der Waals surface area contributed by atoms with Crippen LogP contribution >= 0.6 is 0 Å². The molecule has 33 heavy (non-hydrogen) atoms. The van der Waals surface area contributed by atoms with Crippen molar-refractivity contribution in [3.63, 3.8) is 0 Å². The van der Waals surface area contributed by atoms with Gasteiger partial charge in [0.15, 0.2) is 5.54 Å². The van der Waals surface area contributed by atoms with Gasteiger partial charge in [0, 0.05) is 18.3 Å². The summed E-state index contributed by atoms with van der Waals surface area (Å²) in [7, 11) is 1.54. The molecule has 2 aliphatic heterocycles. The van der Waals surface area contributed by atoms with Gasteiger partial charge in [0.25, 0.3) is 11.8 Å². The highest BCUT2D eigenvalue weighted by Crippen LogP contribution is 2.33. The van der Waals surface area contributed by atoms with Gasteiger partial charge in [-0.05, 0) is 47.5 Å². The summed E-state index contributed by atoms with van der Waals surface area (Å²) >= 11 is 0. The molecule has 0 radical (unpaired) electrons. The Morgan fingerprint density at radius 3 is 2.48 bits per heavy atom. The van der Waals surface area contributed by atoms with Crippen molar-refractivity contribution in [2.24, 2.45) is 0 Å². The minimum Gasteiger partial charge on any atom is -0.497 e. The van der Waals surface area contributed by atoms with Gasteiger partial charge in [0.1, 0.15) is 17.2 Å². The quantitative estimate of drug-likeness (QED) is 0.566. The molecular formula is C24H20N4O5. The summed E-state index contributed by atoms with van der Waals surface area (Å²) in [6, 6.07) is 15.0. The number of rotatable bonds is 6. The summed E-state index contributed by atoms with van der Waals surface area (Å²) in [5, 5.41) is 5.03. The molecule has 4 amide bonds. The number of carbonyl (C=O) groups excluding carboxylic acids is 3. The normalized spacial score (nSPS) is 19.2. The predicted octanol–water partition coefficient (Wildman–Crippen LogP) is 2.57. The molecule has 3 heterocycles. The third kappa shape index (κ3) is 3.63. The van der Waals surface area contributed by atoms with Crippen LogP contribution < -0.4 is 20.1 Å². The summed E-state index contributed by atoms with van der Waals surface area (Å²) in [5.41, 5.74) is 0.465. The van der Waals surface area contributed by atoms with Crippen LogP contribution in [-0.2, 0) is 16.9 Å². The van der Waals surface area contributed by atoms with E-state index in [2.05, 4.69) is 15.6 Å². The molecule has 0 spiro atoms. The Morgan fingerprint density at radius 2 is 1.82 bits per heavy atom. The highest BCUT2D eigenvalue weighted by atomic mass is 16.5. The fourth-order valence-corrected chi connectivity index (χ4v) is 4.13. The third-order valence-electron chi connectivity index (χ3n) is 5.78. The molecule has 0 unspecified atom stereocenters. The maximum Gasteiger partial charge on any atom is 0.322 e. The number of fused-ring (bicyclic) bond motifs is 1. The zero-order valence-electron chi connectivity index (χ0n) is 17.7. The van der Waals surface area contributed by atoms with Crippen LogP contribution in [0.2, 0.25) is 0 Å². The minimum absolute atomic E-state index is 0.0246. The second-order valence-electron chi connectivity index (χ2n) is 7.81. The molecule has 1 aromatic heterocycles. The number of nitrogens with zero attached hydrogens (tertiary/aromatic N) is 2. The predicted molar refractivity (Wildman–Crippen MR) is 117 cm³/mol. The van der Waals surface area contributed by atoms with Gasteiger partial charge < -0.3 is 19.7 Å². The van der Waals surface area contributed by atoms with Gasteiger partial charge in [0.05, 0.1) is 19.9 Å². The van der Waals surface area contributed by atoms with Gasteiger partial charge in [-0.2, -0.15) is 0 Å². The second-order valence-corrected chi connectivity index (χ2v) is 7.81. The number of imide groups is 1. The van der Waals surface area contributed by atoms with Crippen LogP contribution in [0.5, 0.6) is 17.2 Å². The van der Waals surface area contributed by atoms with Crippen molar-refractivity contribution in [2.45, 2.75) is 12.1 Å². The van der Waals surface area contributed by atoms with Crippen molar-refractivity contribution < 1.29 is 23.9 Å². The van der Waals surface area contributed by atoms with Crippen molar-refractivity contribution in [3.8, 4) is 17.2 Å². The second kappa shape index (κ2) is 7.94. The average molecular weight is 444 g/mol. The van der Waals surface area contributed by atoms with E-state index in [4.69, 9.17) is 9.47 Å². The first-order chi connectivity index (χ1) is 16.0. The minimum atomic E-state index is -1.42. The van der Waals surface area contributed by atoms with E-state index >= 15 is 0 Å². The number of hydrogen-bond acceptors (Lipinski definition) is 6. The van der Waals surface area contributed by atoms with Gasteiger partial charge in [-0.15, -0.1) is 0 Å². The third-order valence-corrected chi connectivity index (χ3v) is 5.78. The van der Waals surface area contributed by atoms with Crippen LogP contribution in [0.4, 0.5) is 4.79 Å². The van der Waals surface area contributed by atoms with Crippen LogP contribution in [-0.4, -0.2) is 41.4 Å². The number of amides is 4. The van der Waals surface area contributed by atoms with Crippen LogP contribution in [0.15, 0.2) is 67.0 Å². The standard InChI is InChI=1S/C24H20N4O5/c1-32-18-7-4-15-13-28(21(29)20(15)11-18)14-24(22(30)26-23(31)27-24)16-5-8-17(9-6-16)33-19-3-2-10-25-12-19/h2-12H,13-14H2,1H3,(H2,26,27,30,31)/t24-/m0/s1. The van der Waals surface area contributed by atoms with E-state index < -0.39 is 17.5 Å². The summed E-state index contributed by atoms with van der Waals surface area (Å²) < 4.78 is 11.0. The van der Waals surface area contributed by atoms with Gasteiger partial charge in [0.2, 0.25) is 0 Å². The van der Waals surface area contributed by atoms with Gasteiger partial charge in [-0.1, -0.05) is 18.2 Å². The maximum absolute atomic E-state index is 13.1. The largest absolute Gasteiger partial charge is 0.497 e. The van der Waals surface area contributed by atoms with Crippen molar-refractivity contribution in [1.82, 2.24) is 20.5 Å². The van der Waals surface area contributed by atoms with Gasteiger partial charge in [-0.3, -0.25) is 19.9 Å². The van der Waals surface area contributed by atoms with Crippen molar-refractivity contribution >= 4 is 17.8 Å². The van der Waals surface area contributed by atoms with Crippen molar-refractivity contribution in [3.05, 3.63) is 83.7 Å². The number of aromatic nitrogens is 1. The Morgan fingerprint density at radius 1 is 1.03 bits per heavy atom. The van der Waals surface area contributed by atoms with Crippen LogP contribution in [0.1, 0.15) is 21.5 Å². The number of methoxy groups -OCH3 is 1. The molecule has 0 aliphatic carbocycles. The van der Waals surface area contributed by atoms with E-state index in [-0.39, 0.29) is 12.5 Å². The fourth-order valence-electron chi connectivity index (χ4n) is 4.13. The number of benzene rings is 2. The SMILES string of the molecule is COc1ccc2c(c1)C(=O)N(C[C@@]1(c3ccc(Oc4cccnc4)cc3)NC(=O)NC1=O)C2. The molecule has 2 aliphatic rings. The molecule has 9 heteroatoms. The number of pyridine rings is 1. The molecule has 1 atom stereocenters. The molecule has 2 aromatic carbocycles. The monoisotopic (exact) mass is 444 g/mol. The first-order valence-electron chi connectivity index (χ1n) is 10.3. The lowest BCUT2D eigenvalue weighted by molar-refractivity contribution is -0.124. The number of ether oxygens (including phenoxy) is 2. The Hall–Kier alpha value is -4.40. The Balaban J connectivity index is 1.43. The summed E-state index contributed by atoms with van der Waals surface area (Å²) in [6.45, 7) is 0.300. The first-order valence-corrected chi connectivity index (χ1v) is 10.3. The zero-order chi connectivity index (χ0) is 23.0. The Kier molecular flexibility index (Phi) is 4.93. The fraction of sp³-hybridized carbons (Fsp3) is 0.167. The summed E-state index contributed by atoms with van der Waals surface area (Å²) in [5.74, 6) is 0.949. The molecular weight excluding hydrogens is 424 g/mol. The summed E-state index contributed by atoms with van der Waals surface area (Å²) in [4.78, 5) is 43.7. The first kappa shape index (κ1) is 20.5. The molecule has 166 valence electrons. The maximum atomic E-state index is 13.1. The number of hydrogen-bond donors (Lipinski definition) is 2. The zero-order valence-corrected chi connectivity index (χ0v) is 17.7. The number of nitrogens with one attached hydrogen (secondary N) is 2. The molecule has 2 N–H and O–H groups in total. The van der Waals surface area contributed by atoms with Gasteiger partial charge >= 0.3 is 6.03 Å². The lowest BCUT2D eigenvalue weighted by atomic mass is 9.89. The lowest BCUT2D eigenvalue weighted by Crippen LogP contribution is -2.52. The van der Waals surface area contributed by atoms with E-state index in [1.54, 1.807) is 65.8 Å². The topological polar surface area (TPSA) is 110 Å². The van der Waals surface area contributed by atoms with E-state index in [1.807, 2.05) is 6.07 Å². The molecule has 1 saturated heterocycles. The van der Waals surface area contributed by atoms with E-state index in [0.29, 0.717) is 34.9 Å². The number of urea groups is 1. The Bertz CT molecular complexity index is 1250. The van der Waals surface area contributed by atoms with Crippen LogP contribution in [0.3, 0.4) is 0 Å². The van der Waals surface area contributed by atoms with E-state index in [1.165, 1.54) is 7.11 Å². The molecule has 5 rings (SSSR count). The average Bonchev–Trinajstić information content (AvgIpc) is 3.29. The number of carbonyl (C=O) groups is 3. The Labute approximate surface area is 189 Å². The van der Waals surface area contributed by atoms with Crippen molar-refractivity contribution in [2.75, 3.05) is 13.7 Å². The molecule has 9 nitrogen and oxygen atoms in total. The van der Waals surface area contributed by atoms with E-state index in [0.717, 1.165) is 5.56 Å². The van der Waals surface area contributed by atoms with Gasteiger partial charge in [-0.25, -0.2) is 4.79 Å². The highest BCUT2D eigenvalue weighted by molar-refractivity contribution is 6.08. The summed E-state index contributed by atoms with van der Waals surface area (Å²) in [6.07, 6.45) is 3.24. The highest BCUT2D eigenvalue weighted by Gasteiger charge is 2.50. The lowest BCUT2D eigenvalue weighted by Gasteiger charge is -2.31. The molecule has 0 saturated carbocycles. The molecule has 1 fully saturated rings. The van der Waals surface area contributed by atoms with Crippen molar-refractivity contribution in [1.29, 1.82) is 0 Å². The smallest absolute Gasteiger partial charge is 0.322 e.